The molecule has 3 N–H and O–H groups in total. The first-order chi connectivity index (χ1) is 17.4. The molecular formula is C27H24N4O5. The summed E-state index contributed by atoms with van der Waals surface area (Å²) in [5, 5.41) is 12.8. The Morgan fingerprint density at radius 1 is 0.917 bits per heavy atom. The average molecular weight is 485 g/mol. The van der Waals surface area contributed by atoms with Crippen LogP contribution in [0.15, 0.2) is 83.7 Å². The number of carbonyl (C=O) groups excluding carboxylic acids is 3. The number of anilines is 1. The molecule has 0 aliphatic carbocycles. The smallest absolute Gasteiger partial charge is 0.312 e. The maximum Gasteiger partial charge on any atom is 0.312 e. The number of hydrogen-bond acceptors (Lipinski definition) is 6. The summed E-state index contributed by atoms with van der Waals surface area (Å²) in [5.41, 5.74) is 1.51. The Morgan fingerprint density at radius 2 is 1.58 bits per heavy atom. The van der Waals surface area contributed by atoms with Crippen LogP contribution in [0.1, 0.15) is 34.6 Å². The zero-order chi connectivity index (χ0) is 25.5. The maximum atomic E-state index is 12.9. The van der Waals surface area contributed by atoms with E-state index in [2.05, 4.69) is 20.8 Å². The Labute approximate surface area is 206 Å². The molecule has 0 saturated carbocycles. The van der Waals surface area contributed by atoms with E-state index in [0.29, 0.717) is 22.2 Å². The zero-order valence-corrected chi connectivity index (χ0v) is 19.5. The Balaban J connectivity index is 1.36. The van der Waals surface area contributed by atoms with Crippen molar-refractivity contribution in [3.8, 4) is 0 Å². The molecule has 0 fully saturated rings. The van der Waals surface area contributed by atoms with Crippen LogP contribution in [-0.2, 0) is 20.7 Å². The van der Waals surface area contributed by atoms with E-state index in [1.807, 2.05) is 37.3 Å². The van der Waals surface area contributed by atoms with E-state index >= 15 is 0 Å². The van der Waals surface area contributed by atoms with Crippen LogP contribution in [0.3, 0.4) is 0 Å². The third kappa shape index (κ3) is 5.82. The number of ether oxygens (including phenoxy) is 1. The summed E-state index contributed by atoms with van der Waals surface area (Å²) >= 11 is 0. The quantitative estimate of drug-likeness (QED) is 0.330. The average Bonchev–Trinajstić information content (AvgIpc) is 2.90. The topological polar surface area (TPSA) is 130 Å². The van der Waals surface area contributed by atoms with E-state index in [1.54, 1.807) is 48.5 Å². The van der Waals surface area contributed by atoms with Crippen molar-refractivity contribution in [2.24, 2.45) is 0 Å². The van der Waals surface area contributed by atoms with Crippen molar-refractivity contribution in [2.75, 3.05) is 11.9 Å². The van der Waals surface area contributed by atoms with Gasteiger partial charge in [0.25, 0.3) is 17.4 Å². The minimum Gasteiger partial charge on any atom is -0.455 e. The molecule has 0 spiro atoms. The molecule has 0 radical (unpaired) electrons. The van der Waals surface area contributed by atoms with Crippen LogP contribution in [0.25, 0.3) is 10.8 Å². The van der Waals surface area contributed by atoms with Crippen molar-refractivity contribution in [2.45, 2.75) is 19.4 Å². The van der Waals surface area contributed by atoms with Crippen molar-refractivity contribution in [1.82, 2.24) is 15.5 Å². The van der Waals surface area contributed by atoms with E-state index in [0.717, 1.165) is 5.56 Å². The van der Waals surface area contributed by atoms with E-state index < -0.39 is 18.5 Å². The van der Waals surface area contributed by atoms with Gasteiger partial charge in [-0.3, -0.25) is 19.2 Å². The van der Waals surface area contributed by atoms with Gasteiger partial charge >= 0.3 is 5.97 Å². The summed E-state index contributed by atoms with van der Waals surface area (Å²) in [6, 6.07) is 22.6. The molecule has 9 nitrogen and oxygen atoms in total. The summed E-state index contributed by atoms with van der Waals surface area (Å²) in [6.45, 7) is 1.32. The Morgan fingerprint density at radius 3 is 2.36 bits per heavy atom. The number of nitrogens with one attached hydrogen (secondary N) is 3. The second-order valence-electron chi connectivity index (χ2n) is 8.08. The number of para-hydroxylation sites is 1. The number of benzene rings is 3. The van der Waals surface area contributed by atoms with Crippen LogP contribution < -0.4 is 16.2 Å². The molecule has 4 rings (SSSR count). The lowest BCUT2D eigenvalue weighted by molar-refractivity contribution is -0.146. The maximum absolute atomic E-state index is 12.9. The van der Waals surface area contributed by atoms with Crippen molar-refractivity contribution < 1.29 is 19.1 Å². The lowest BCUT2D eigenvalue weighted by Gasteiger charge is -2.16. The molecule has 0 saturated heterocycles. The predicted octanol–water partition coefficient (Wildman–Crippen LogP) is 3.14. The standard InChI is InChI=1S/C27H24N4O5/c1-17(18-9-3-2-4-10-18)28-26(34)21-13-7-8-14-22(21)29-24(32)16-36-25(33)15-23-19-11-5-6-12-20(19)27(35)31-30-23/h2-14,17H,15-16H2,1H3,(H,28,34)(H,29,32)(H,31,35). The van der Waals surface area contributed by atoms with Gasteiger partial charge in [-0.15, -0.1) is 0 Å². The number of aromatic amines is 1. The first kappa shape index (κ1) is 24.3. The molecule has 0 aliphatic heterocycles. The van der Waals surface area contributed by atoms with Gasteiger partial charge in [0, 0.05) is 5.39 Å². The van der Waals surface area contributed by atoms with E-state index in [-0.39, 0.29) is 29.5 Å². The number of nitrogens with zero attached hydrogens (tertiary/aromatic N) is 1. The SMILES string of the molecule is CC(NC(=O)c1ccccc1NC(=O)COC(=O)Cc1n[nH]c(=O)c2ccccc12)c1ccccc1. The summed E-state index contributed by atoms with van der Waals surface area (Å²) in [7, 11) is 0. The number of rotatable bonds is 8. The summed E-state index contributed by atoms with van der Waals surface area (Å²) in [5.74, 6) is -1.63. The molecule has 1 atom stereocenters. The number of fused-ring (bicyclic) bond motifs is 1. The highest BCUT2D eigenvalue weighted by atomic mass is 16.5. The fourth-order valence-electron chi connectivity index (χ4n) is 3.72. The second-order valence-corrected chi connectivity index (χ2v) is 8.08. The molecule has 2 amide bonds. The van der Waals surface area contributed by atoms with Crippen molar-refractivity contribution in [1.29, 1.82) is 0 Å². The Kier molecular flexibility index (Phi) is 7.50. The molecular weight excluding hydrogens is 460 g/mol. The molecule has 0 aliphatic rings. The third-order valence-corrected chi connectivity index (χ3v) is 5.54. The van der Waals surface area contributed by atoms with E-state index in [1.165, 1.54) is 0 Å². The fraction of sp³-hybridized carbons (Fsp3) is 0.148. The molecule has 0 bridgehead atoms. The largest absolute Gasteiger partial charge is 0.455 e. The molecule has 1 unspecified atom stereocenters. The van der Waals surface area contributed by atoms with E-state index in [9.17, 15) is 19.2 Å². The highest BCUT2D eigenvalue weighted by molar-refractivity contribution is 6.04. The first-order valence-corrected chi connectivity index (χ1v) is 11.3. The Hall–Kier alpha value is -4.79. The summed E-state index contributed by atoms with van der Waals surface area (Å²) in [6.07, 6.45) is -0.221. The zero-order valence-electron chi connectivity index (χ0n) is 19.5. The number of esters is 1. The number of amides is 2. The number of aromatic nitrogens is 2. The Bertz CT molecular complexity index is 1470. The molecule has 1 heterocycles. The fourth-order valence-corrected chi connectivity index (χ4v) is 3.72. The number of H-pyrrole nitrogens is 1. The summed E-state index contributed by atoms with van der Waals surface area (Å²) < 4.78 is 5.10. The van der Waals surface area contributed by atoms with Crippen molar-refractivity contribution in [3.05, 3.63) is 106 Å². The predicted molar refractivity (Wildman–Crippen MR) is 134 cm³/mol. The molecule has 9 heteroatoms. The van der Waals surface area contributed by atoms with Crippen LogP contribution in [0.5, 0.6) is 0 Å². The summed E-state index contributed by atoms with van der Waals surface area (Å²) in [4.78, 5) is 49.5. The number of carbonyl (C=O) groups is 3. The highest BCUT2D eigenvalue weighted by Gasteiger charge is 2.17. The van der Waals surface area contributed by atoms with Gasteiger partial charge in [0.05, 0.1) is 34.8 Å². The lowest BCUT2D eigenvalue weighted by Crippen LogP contribution is -2.28. The van der Waals surface area contributed by atoms with Gasteiger partial charge < -0.3 is 15.4 Å². The normalized spacial score (nSPS) is 11.5. The van der Waals surface area contributed by atoms with Gasteiger partial charge in [0.15, 0.2) is 6.61 Å². The minimum absolute atomic E-state index is 0.221. The van der Waals surface area contributed by atoms with Crippen molar-refractivity contribution >= 4 is 34.2 Å². The van der Waals surface area contributed by atoms with Crippen molar-refractivity contribution in [3.63, 3.8) is 0 Å². The van der Waals surface area contributed by atoms with Crippen LogP contribution in [0.4, 0.5) is 5.69 Å². The third-order valence-electron chi connectivity index (χ3n) is 5.54. The molecule has 36 heavy (non-hydrogen) atoms. The van der Waals surface area contributed by atoms with E-state index in [4.69, 9.17) is 4.74 Å². The first-order valence-electron chi connectivity index (χ1n) is 11.3. The van der Waals surface area contributed by atoms with Gasteiger partial charge in [-0.1, -0.05) is 60.7 Å². The highest BCUT2D eigenvalue weighted by Crippen LogP contribution is 2.18. The van der Waals surface area contributed by atoms with Gasteiger partial charge in [0.1, 0.15) is 0 Å². The molecule has 1 aromatic heterocycles. The number of hydrogen-bond donors (Lipinski definition) is 3. The van der Waals surface area contributed by atoms with Gasteiger partial charge in [-0.25, -0.2) is 5.10 Å². The van der Waals surface area contributed by atoms with Crippen LogP contribution in [-0.4, -0.2) is 34.6 Å². The van der Waals surface area contributed by atoms with Gasteiger partial charge in [0.2, 0.25) is 0 Å². The van der Waals surface area contributed by atoms with Gasteiger partial charge in [-0.2, -0.15) is 5.10 Å². The van der Waals surface area contributed by atoms with Crippen LogP contribution >= 0.6 is 0 Å². The van der Waals surface area contributed by atoms with Crippen LogP contribution in [0, 0.1) is 0 Å². The molecule has 3 aromatic carbocycles. The van der Waals surface area contributed by atoms with Gasteiger partial charge in [-0.05, 0) is 30.7 Å². The second kappa shape index (κ2) is 11.1. The lowest BCUT2D eigenvalue weighted by atomic mass is 10.1. The molecule has 4 aromatic rings. The molecule has 182 valence electrons. The minimum atomic E-state index is -0.683. The monoisotopic (exact) mass is 484 g/mol. The van der Waals surface area contributed by atoms with Crippen LogP contribution in [0.2, 0.25) is 0 Å².